The molecule has 0 heterocycles. The van der Waals surface area contributed by atoms with Crippen molar-refractivity contribution in [3.05, 3.63) is 24.3 Å². The molecule has 0 saturated carbocycles. The monoisotopic (exact) mass is 223 g/mol. The molecule has 4 heteroatoms. The number of ether oxygens (including phenoxy) is 2. The van der Waals surface area contributed by atoms with E-state index >= 15 is 0 Å². The van der Waals surface area contributed by atoms with Crippen molar-refractivity contribution in [1.29, 1.82) is 0 Å². The third-order valence-corrected chi connectivity index (χ3v) is 1.99. The van der Waals surface area contributed by atoms with Crippen LogP contribution in [0, 0.1) is 0 Å². The van der Waals surface area contributed by atoms with Gasteiger partial charge >= 0.3 is 5.97 Å². The van der Waals surface area contributed by atoms with Crippen molar-refractivity contribution in [2.45, 2.75) is 13.3 Å². The van der Waals surface area contributed by atoms with E-state index in [1.165, 1.54) is 7.11 Å². The van der Waals surface area contributed by atoms with Gasteiger partial charge in [0.05, 0.1) is 13.7 Å². The van der Waals surface area contributed by atoms with Gasteiger partial charge in [-0.15, -0.1) is 0 Å². The molecule has 88 valence electrons. The van der Waals surface area contributed by atoms with Crippen LogP contribution in [0.3, 0.4) is 0 Å². The molecule has 0 atom stereocenters. The zero-order valence-corrected chi connectivity index (χ0v) is 9.66. The van der Waals surface area contributed by atoms with Gasteiger partial charge in [-0.3, -0.25) is 4.79 Å². The quantitative estimate of drug-likeness (QED) is 0.750. The molecule has 0 radical (unpaired) electrons. The smallest absolute Gasteiger partial charge is 0.325 e. The van der Waals surface area contributed by atoms with Crippen molar-refractivity contribution in [2.75, 3.05) is 25.6 Å². The Labute approximate surface area is 95.6 Å². The topological polar surface area (TPSA) is 47.6 Å². The number of hydrogen-bond acceptors (Lipinski definition) is 4. The third kappa shape index (κ3) is 4.21. The lowest BCUT2D eigenvalue weighted by Crippen LogP contribution is -2.14. The third-order valence-electron chi connectivity index (χ3n) is 1.99. The predicted octanol–water partition coefficient (Wildman–Crippen LogP) is 2.06. The highest BCUT2D eigenvalue weighted by Crippen LogP contribution is 2.15. The van der Waals surface area contributed by atoms with Gasteiger partial charge in [0.15, 0.2) is 0 Å². The summed E-state index contributed by atoms with van der Waals surface area (Å²) < 4.78 is 9.96. The number of anilines is 1. The summed E-state index contributed by atoms with van der Waals surface area (Å²) >= 11 is 0. The molecule has 0 bridgehead atoms. The van der Waals surface area contributed by atoms with Crippen LogP contribution in [0.15, 0.2) is 24.3 Å². The lowest BCUT2D eigenvalue weighted by molar-refractivity contribution is -0.138. The molecule has 1 aromatic rings. The van der Waals surface area contributed by atoms with Crippen LogP contribution in [0.4, 0.5) is 5.69 Å². The van der Waals surface area contributed by atoms with Crippen molar-refractivity contribution >= 4 is 11.7 Å². The van der Waals surface area contributed by atoms with Crippen molar-refractivity contribution in [1.82, 2.24) is 0 Å². The second-order valence-corrected chi connectivity index (χ2v) is 3.30. The Kier molecular flexibility index (Phi) is 5.19. The summed E-state index contributed by atoms with van der Waals surface area (Å²) in [6.07, 6.45) is 0.988. The molecule has 0 unspecified atom stereocenters. The zero-order chi connectivity index (χ0) is 11.8. The van der Waals surface area contributed by atoms with Gasteiger partial charge in [-0.1, -0.05) is 6.92 Å². The first-order valence-electron chi connectivity index (χ1n) is 5.29. The van der Waals surface area contributed by atoms with Gasteiger partial charge < -0.3 is 14.8 Å². The van der Waals surface area contributed by atoms with Gasteiger partial charge in [0.25, 0.3) is 0 Å². The Morgan fingerprint density at radius 3 is 2.56 bits per heavy atom. The fourth-order valence-electron chi connectivity index (χ4n) is 1.14. The van der Waals surface area contributed by atoms with E-state index in [1.807, 2.05) is 24.3 Å². The number of nitrogens with one attached hydrogen (secondary N) is 1. The highest BCUT2D eigenvalue weighted by Gasteiger charge is 1.99. The lowest BCUT2D eigenvalue weighted by atomic mass is 10.3. The lowest BCUT2D eigenvalue weighted by Gasteiger charge is -2.07. The van der Waals surface area contributed by atoms with E-state index in [1.54, 1.807) is 0 Å². The molecule has 0 fully saturated rings. The molecular weight excluding hydrogens is 206 g/mol. The van der Waals surface area contributed by atoms with E-state index in [0.717, 1.165) is 24.5 Å². The Hall–Kier alpha value is -1.71. The summed E-state index contributed by atoms with van der Waals surface area (Å²) in [4.78, 5) is 10.9. The highest BCUT2D eigenvalue weighted by atomic mass is 16.5. The SMILES string of the molecule is CCCOc1ccc(NCC(=O)OC)cc1. The molecule has 1 rings (SSSR count). The van der Waals surface area contributed by atoms with Gasteiger partial charge in [0, 0.05) is 5.69 Å². The number of carbonyl (C=O) groups is 1. The molecule has 1 aromatic carbocycles. The van der Waals surface area contributed by atoms with E-state index in [4.69, 9.17) is 4.74 Å². The number of hydrogen-bond donors (Lipinski definition) is 1. The molecule has 0 spiro atoms. The zero-order valence-electron chi connectivity index (χ0n) is 9.66. The van der Waals surface area contributed by atoms with Crippen LogP contribution in [0.5, 0.6) is 5.75 Å². The van der Waals surface area contributed by atoms with Crippen LogP contribution in [-0.4, -0.2) is 26.2 Å². The Balaban J connectivity index is 2.41. The van der Waals surface area contributed by atoms with E-state index in [0.29, 0.717) is 0 Å². The Morgan fingerprint density at radius 2 is 2.00 bits per heavy atom. The van der Waals surface area contributed by atoms with Gasteiger partial charge in [-0.25, -0.2) is 0 Å². The van der Waals surface area contributed by atoms with Crippen LogP contribution in [0.1, 0.15) is 13.3 Å². The first kappa shape index (κ1) is 12.4. The maximum Gasteiger partial charge on any atom is 0.325 e. The fraction of sp³-hybridized carbons (Fsp3) is 0.417. The fourth-order valence-corrected chi connectivity index (χ4v) is 1.14. The molecule has 0 aliphatic carbocycles. The van der Waals surface area contributed by atoms with E-state index in [9.17, 15) is 4.79 Å². The van der Waals surface area contributed by atoms with Crippen LogP contribution < -0.4 is 10.1 Å². The van der Waals surface area contributed by atoms with Crippen LogP contribution >= 0.6 is 0 Å². The summed E-state index contributed by atoms with van der Waals surface area (Å²) in [5, 5.41) is 2.95. The number of rotatable bonds is 6. The molecule has 16 heavy (non-hydrogen) atoms. The minimum atomic E-state index is -0.286. The van der Waals surface area contributed by atoms with Crippen molar-refractivity contribution in [2.24, 2.45) is 0 Å². The van der Waals surface area contributed by atoms with Crippen molar-refractivity contribution in [3.8, 4) is 5.75 Å². The minimum absolute atomic E-state index is 0.172. The van der Waals surface area contributed by atoms with Crippen LogP contribution in [-0.2, 0) is 9.53 Å². The van der Waals surface area contributed by atoms with Crippen LogP contribution in [0.25, 0.3) is 0 Å². The van der Waals surface area contributed by atoms with Gasteiger partial charge in [-0.2, -0.15) is 0 Å². The number of benzene rings is 1. The standard InChI is InChI=1S/C12H17NO3/c1-3-8-16-11-6-4-10(5-7-11)13-9-12(14)15-2/h4-7,13H,3,8-9H2,1-2H3. The number of esters is 1. The molecule has 0 aromatic heterocycles. The Morgan fingerprint density at radius 1 is 1.31 bits per heavy atom. The number of methoxy groups -OCH3 is 1. The normalized spacial score (nSPS) is 9.62. The second kappa shape index (κ2) is 6.71. The molecule has 0 saturated heterocycles. The molecule has 0 amide bonds. The largest absolute Gasteiger partial charge is 0.494 e. The van der Waals surface area contributed by atoms with E-state index in [-0.39, 0.29) is 12.5 Å². The molecule has 4 nitrogen and oxygen atoms in total. The maximum atomic E-state index is 10.9. The van der Waals surface area contributed by atoms with Crippen molar-refractivity contribution in [3.63, 3.8) is 0 Å². The molecule has 1 N–H and O–H groups in total. The van der Waals surface area contributed by atoms with Crippen LogP contribution in [0.2, 0.25) is 0 Å². The summed E-state index contributed by atoms with van der Waals surface area (Å²) in [7, 11) is 1.37. The minimum Gasteiger partial charge on any atom is -0.494 e. The first-order chi connectivity index (χ1) is 7.76. The second-order valence-electron chi connectivity index (χ2n) is 3.30. The van der Waals surface area contributed by atoms with Gasteiger partial charge in [0.1, 0.15) is 12.3 Å². The summed E-state index contributed by atoms with van der Waals surface area (Å²) in [6.45, 7) is 2.95. The average molecular weight is 223 g/mol. The molecule has 0 aliphatic heterocycles. The molecular formula is C12H17NO3. The summed E-state index contributed by atoms with van der Waals surface area (Å²) in [5.74, 6) is 0.553. The number of carbonyl (C=O) groups excluding carboxylic acids is 1. The predicted molar refractivity (Wildman–Crippen MR) is 62.7 cm³/mol. The summed E-state index contributed by atoms with van der Waals surface area (Å²) in [5.41, 5.74) is 0.870. The first-order valence-corrected chi connectivity index (χ1v) is 5.29. The summed E-state index contributed by atoms with van der Waals surface area (Å²) in [6, 6.07) is 7.48. The van der Waals surface area contributed by atoms with Gasteiger partial charge in [0.2, 0.25) is 0 Å². The van der Waals surface area contributed by atoms with Gasteiger partial charge in [-0.05, 0) is 30.7 Å². The Bertz CT molecular complexity index is 322. The maximum absolute atomic E-state index is 10.9. The van der Waals surface area contributed by atoms with Crippen molar-refractivity contribution < 1.29 is 14.3 Å². The van der Waals surface area contributed by atoms with E-state index < -0.39 is 0 Å². The molecule has 0 aliphatic rings. The average Bonchev–Trinajstić information content (AvgIpc) is 2.34. The highest BCUT2D eigenvalue weighted by molar-refractivity contribution is 5.74. The van der Waals surface area contributed by atoms with E-state index in [2.05, 4.69) is 17.0 Å².